The van der Waals surface area contributed by atoms with E-state index in [0.717, 1.165) is 50.0 Å². The van der Waals surface area contributed by atoms with E-state index in [-0.39, 0.29) is 5.54 Å². The number of rotatable bonds is 6. The van der Waals surface area contributed by atoms with Crippen LogP contribution in [0.25, 0.3) is 0 Å². The van der Waals surface area contributed by atoms with Gasteiger partial charge >= 0.3 is 0 Å². The zero-order chi connectivity index (χ0) is 13.0. The fourth-order valence-corrected chi connectivity index (χ4v) is 4.03. The monoisotopic (exact) mass is 262 g/mol. The molecular formula is C16H26N2O. The predicted molar refractivity (Wildman–Crippen MR) is 74.4 cm³/mol. The molecule has 0 radical (unpaired) electrons. The molecule has 0 aromatic carbocycles. The highest BCUT2D eigenvalue weighted by Crippen LogP contribution is 2.51. The molecule has 4 aliphatic rings. The minimum Gasteiger partial charge on any atom is -0.325 e. The molecule has 1 spiro atoms. The average Bonchev–Trinajstić information content (AvgIpc) is 3.25. The molecule has 0 bridgehead atoms. The van der Waals surface area contributed by atoms with Crippen molar-refractivity contribution in [3.8, 4) is 0 Å². The first-order chi connectivity index (χ1) is 9.23. The molecule has 1 heterocycles. The summed E-state index contributed by atoms with van der Waals surface area (Å²) in [7, 11) is 0. The maximum Gasteiger partial charge on any atom is 0.244 e. The number of hydrogen-bond acceptors (Lipinski definition) is 2. The molecular weight excluding hydrogens is 236 g/mol. The molecule has 1 atom stereocenters. The van der Waals surface area contributed by atoms with Gasteiger partial charge in [0.05, 0.1) is 11.7 Å². The Morgan fingerprint density at radius 2 is 1.89 bits per heavy atom. The van der Waals surface area contributed by atoms with Crippen molar-refractivity contribution >= 4 is 5.91 Å². The van der Waals surface area contributed by atoms with Crippen molar-refractivity contribution in [2.24, 2.45) is 17.8 Å². The van der Waals surface area contributed by atoms with Crippen LogP contribution in [0.5, 0.6) is 0 Å². The van der Waals surface area contributed by atoms with Crippen LogP contribution in [0.2, 0.25) is 0 Å². The second-order valence-electron chi connectivity index (χ2n) is 7.33. The third kappa shape index (κ3) is 2.10. The molecule has 0 aromatic rings. The molecule has 4 rings (SSSR count). The first-order valence-corrected chi connectivity index (χ1v) is 8.32. The number of nitrogens with one attached hydrogen (secondary N) is 1. The molecule has 1 aliphatic heterocycles. The van der Waals surface area contributed by atoms with Crippen LogP contribution in [0.4, 0.5) is 0 Å². The van der Waals surface area contributed by atoms with Crippen molar-refractivity contribution in [3.05, 3.63) is 0 Å². The van der Waals surface area contributed by atoms with Crippen LogP contribution >= 0.6 is 0 Å². The van der Waals surface area contributed by atoms with Gasteiger partial charge in [-0.3, -0.25) is 10.1 Å². The first kappa shape index (κ1) is 12.2. The van der Waals surface area contributed by atoms with Crippen molar-refractivity contribution in [1.29, 1.82) is 0 Å². The van der Waals surface area contributed by atoms with Crippen molar-refractivity contribution in [3.63, 3.8) is 0 Å². The second-order valence-corrected chi connectivity index (χ2v) is 7.33. The van der Waals surface area contributed by atoms with Gasteiger partial charge in [0.2, 0.25) is 5.91 Å². The molecule has 1 saturated heterocycles. The molecule has 4 fully saturated rings. The van der Waals surface area contributed by atoms with Gasteiger partial charge in [0, 0.05) is 6.54 Å². The summed E-state index contributed by atoms with van der Waals surface area (Å²) in [5.74, 6) is 3.13. The third-order valence-electron chi connectivity index (χ3n) is 5.66. The van der Waals surface area contributed by atoms with Crippen LogP contribution in [-0.2, 0) is 4.79 Å². The van der Waals surface area contributed by atoms with Gasteiger partial charge in [-0.1, -0.05) is 13.3 Å². The maximum atomic E-state index is 12.7. The van der Waals surface area contributed by atoms with E-state index in [1.54, 1.807) is 0 Å². The number of nitrogens with zero attached hydrogens (tertiary/aromatic N) is 1. The van der Waals surface area contributed by atoms with E-state index in [0.29, 0.717) is 12.1 Å². The number of carbonyl (C=O) groups is 1. The molecule has 1 amide bonds. The van der Waals surface area contributed by atoms with Crippen LogP contribution < -0.4 is 5.32 Å². The Bertz CT molecular complexity index is 370. The van der Waals surface area contributed by atoms with Gasteiger partial charge in [0.1, 0.15) is 0 Å². The number of carbonyl (C=O) groups excluding carboxylic acids is 1. The molecule has 3 saturated carbocycles. The van der Waals surface area contributed by atoms with Crippen LogP contribution in [0.15, 0.2) is 0 Å². The van der Waals surface area contributed by atoms with E-state index < -0.39 is 0 Å². The summed E-state index contributed by atoms with van der Waals surface area (Å²) >= 11 is 0. The highest BCUT2D eigenvalue weighted by molar-refractivity contribution is 5.91. The van der Waals surface area contributed by atoms with E-state index in [4.69, 9.17) is 0 Å². The normalized spacial score (nSPS) is 32.6. The van der Waals surface area contributed by atoms with Crippen LogP contribution in [0.3, 0.4) is 0 Å². The van der Waals surface area contributed by atoms with Gasteiger partial charge in [0.15, 0.2) is 0 Å². The summed E-state index contributed by atoms with van der Waals surface area (Å²) in [6.07, 6.45) is 10.4. The standard InChI is InChI=1S/C16H26N2O/c1-2-3-14-17-16(8-9-16)15(19)18(14)10-13(11-4-5-11)12-6-7-12/h11-14,17H,2-10H2,1H3. The highest BCUT2D eigenvalue weighted by Gasteiger charge is 2.59. The molecule has 3 nitrogen and oxygen atoms in total. The first-order valence-electron chi connectivity index (χ1n) is 8.32. The van der Waals surface area contributed by atoms with Gasteiger partial charge in [-0.2, -0.15) is 0 Å². The Labute approximate surface area is 116 Å². The topological polar surface area (TPSA) is 32.3 Å². The number of amides is 1. The highest BCUT2D eigenvalue weighted by atomic mass is 16.2. The summed E-state index contributed by atoms with van der Waals surface area (Å²) in [4.78, 5) is 14.9. The lowest BCUT2D eigenvalue weighted by atomic mass is 9.97. The third-order valence-corrected chi connectivity index (χ3v) is 5.66. The fraction of sp³-hybridized carbons (Fsp3) is 0.938. The second kappa shape index (κ2) is 4.21. The molecule has 0 aromatic heterocycles. The van der Waals surface area contributed by atoms with E-state index in [1.807, 2.05) is 0 Å². The summed E-state index contributed by atoms with van der Waals surface area (Å²) in [6.45, 7) is 3.27. The smallest absolute Gasteiger partial charge is 0.244 e. The van der Waals surface area contributed by atoms with E-state index >= 15 is 0 Å². The van der Waals surface area contributed by atoms with Crippen LogP contribution in [0.1, 0.15) is 58.3 Å². The minimum absolute atomic E-state index is 0.114. The lowest BCUT2D eigenvalue weighted by Gasteiger charge is -2.28. The molecule has 3 aliphatic carbocycles. The Hall–Kier alpha value is -0.570. The quantitative estimate of drug-likeness (QED) is 0.797. The Kier molecular flexibility index (Phi) is 2.70. The maximum absolute atomic E-state index is 12.7. The van der Waals surface area contributed by atoms with Crippen LogP contribution in [-0.4, -0.2) is 29.1 Å². The lowest BCUT2D eigenvalue weighted by molar-refractivity contribution is -0.131. The van der Waals surface area contributed by atoms with Crippen molar-refractivity contribution in [2.45, 2.75) is 70.0 Å². The summed E-state index contributed by atoms with van der Waals surface area (Å²) in [5, 5.41) is 3.64. The Morgan fingerprint density at radius 3 is 2.37 bits per heavy atom. The van der Waals surface area contributed by atoms with Crippen molar-refractivity contribution in [1.82, 2.24) is 10.2 Å². The fourth-order valence-electron chi connectivity index (χ4n) is 4.03. The van der Waals surface area contributed by atoms with Gasteiger partial charge in [-0.05, 0) is 62.7 Å². The number of hydrogen-bond donors (Lipinski definition) is 1. The van der Waals surface area contributed by atoms with Gasteiger partial charge in [0.25, 0.3) is 0 Å². The average molecular weight is 262 g/mol. The molecule has 1 N–H and O–H groups in total. The Morgan fingerprint density at radius 1 is 1.26 bits per heavy atom. The van der Waals surface area contributed by atoms with Crippen LogP contribution in [0, 0.1) is 17.8 Å². The SMILES string of the molecule is CCCC1NC2(CC2)C(=O)N1CC(C1CC1)C1CC1. The van der Waals surface area contributed by atoms with E-state index in [9.17, 15) is 4.79 Å². The minimum atomic E-state index is -0.114. The van der Waals surface area contributed by atoms with E-state index in [2.05, 4.69) is 17.1 Å². The van der Waals surface area contributed by atoms with E-state index in [1.165, 1.54) is 25.7 Å². The van der Waals surface area contributed by atoms with Gasteiger partial charge in [-0.15, -0.1) is 0 Å². The summed E-state index contributed by atoms with van der Waals surface area (Å²) in [5.41, 5.74) is -0.114. The molecule has 1 unspecified atom stereocenters. The Balaban J connectivity index is 1.48. The molecule has 3 heteroatoms. The van der Waals surface area contributed by atoms with Gasteiger partial charge < -0.3 is 4.90 Å². The molecule has 19 heavy (non-hydrogen) atoms. The summed E-state index contributed by atoms with van der Waals surface area (Å²) < 4.78 is 0. The lowest BCUT2D eigenvalue weighted by Crippen LogP contribution is -2.41. The summed E-state index contributed by atoms with van der Waals surface area (Å²) in [6, 6.07) is 0. The zero-order valence-electron chi connectivity index (χ0n) is 12.0. The zero-order valence-corrected chi connectivity index (χ0v) is 12.0. The van der Waals surface area contributed by atoms with Crippen molar-refractivity contribution in [2.75, 3.05) is 6.54 Å². The molecule has 106 valence electrons. The predicted octanol–water partition coefficient (Wildman–Crippen LogP) is 2.51. The largest absolute Gasteiger partial charge is 0.325 e. The van der Waals surface area contributed by atoms with Crippen molar-refractivity contribution < 1.29 is 4.79 Å². The van der Waals surface area contributed by atoms with Gasteiger partial charge in [-0.25, -0.2) is 0 Å².